The standard InChI is InChI=1S/C27H38N4O2/c1-20(2)29-12-10-22(11-13-29)25-19-23(8-9-26(25)33-4)28-27(32)31-16-14-30(15-17-31)24-7-5-6-21(3)18-24/h5-9,18-20,22H,10-17H2,1-4H3,(H,28,32). The summed E-state index contributed by atoms with van der Waals surface area (Å²) in [6.07, 6.45) is 2.24. The van der Waals surface area contributed by atoms with E-state index in [1.54, 1.807) is 7.11 Å². The molecule has 0 saturated carbocycles. The lowest BCUT2D eigenvalue weighted by Crippen LogP contribution is -2.50. The molecule has 0 aromatic heterocycles. The third-order valence-corrected chi connectivity index (χ3v) is 7.11. The molecule has 6 heteroatoms. The summed E-state index contributed by atoms with van der Waals surface area (Å²) in [5.74, 6) is 1.38. The number of rotatable bonds is 5. The van der Waals surface area contributed by atoms with Crippen LogP contribution in [0.1, 0.15) is 43.7 Å². The third-order valence-electron chi connectivity index (χ3n) is 7.11. The second kappa shape index (κ2) is 10.5. The number of hydrogen-bond donors (Lipinski definition) is 1. The van der Waals surface area contributed by atoms with Crippen molar-refractivity contribution in [2.24, 2.45) is 0 Å². The van der Waals surface area contributed by atoms with Crippen LogP contribution in [-0.2, 0) is 0 Å². The summed E-state index contributed by atoms with van der Waals surface area (Å²) in [4.78, 5) is 19.8. The Morgan fingerprint density at radius 1 is 1.00 bits per heavy atom. The van der Waals surface area contributed by atoms with Gasteiger partial charge in [0.15, 0.2) is 0 Å². The molecular formula is C27H38N4O2. The van der Waals surface area contributed by atoms with Gasteiger partial charge in [-0.25, -0.2) is 4.79 Å². The quantitative estimate of drug-likeness (QED) is 0.701. The van der Waals surface area contributed by atoms with Crippen molar-refractivity contribution >= 4 is 17.4 Å². The van der Waals surface area contributed by atoms with Crippen LogP contribution < -0.4 is 15.0 Å². The minimum Gasteiger partial charge on any atom is -0.496 e. The number of hydrogen-bond acceptors (Lipinski definition) is 4. The van der Waals surface area contributed by atoms with Crippen LogP contribution >= 0.6 is 0 Å². The van der Waals surface area contributed by atoms with E-state index in [-0.39, 0.29) is 6.03 Å². The largest absolute Gasteiger partial charge is 0.496 e. The van der Waals surface area contributed by atoms with Crippen molar-refractivity contribution in [2.75, 3.05) is 56.6 Å². The molecule has 2 saturated heterocycles. The van der Waals surface area contributed by atoms with E-state index in [1.807, 2.05) is 17.0 Å². The number of nitrogens with zero attached hydrogens (tertiary/aromatic N) is 3. The monoisotopic (exact) mass is 450 g/mol. The van der Waals surface area contributed by atoms with Crippen molar-refractivity contribution in [3.8, 4) is 5.75 Å². The fourth-order valence-corrected chi connectivity index (χ4v) is 5.05. The zero-order valence-corrected chi connectivity index (χ0v) is 20.5. The van der Waals surface area contributed by atoms with E-state index in [0.29, 0.717) is 12.0 Å². The molecule has 0 bridgehead atoms. The van der Waals surface area contributed by atoms with Gasteiger partial charge in [0.2, 0.25) is 0 Å². The van der Waals surface area contributed by atoms with Gasteiger partial charge in [0, 0.05) is 43.6 Å². The molecule has 0 unspecified atom stereocenters. The van der Waals surface area contributed by atoms with Crippen molar-refractivity contribution in [2.45, 2.75) is 45.6 Å². The lowest BCUT2D eigenvalue weighted by molar-refractivity contribution is 0.171. The summed E-state index contributed by atoms with van der Waals surface area (Å²) in [5.41, 5.74) is 4.56. The topological polar surface area (TPSA) is 48.1 Å². The van der Waals surface area contributed by atoms with E-state index in [9.17, 15) is 4.79 Å². The Bertz CT molecular complexity index is 945. The predicted octanol–water partition coefficient (Wildman–Crippen LogP) is 4.95. The van der Waals surface area contributed by atoms with Gasteiger partial charge in [-0.2, -0.15) is 0 Å². The molecule has 1 N–H and O–H groups in total. The maximum absolute atomic E-state index is 13.0. The number of methoxy groups -OCH3 is 1. The Hall–Kier alpha value is -2.73. The molecule has 2 aliphatic heterocycles. The van der Waals surface area contributed by atoms with Crippen molar-refractivity contribution in [3.05, 3.63) is 53.6 Å². The average molecular weight is 451 g/mol. The van der Waals surface area contributed by atoms with E-state index >= 15 is 0 Å². The van der Waals surface area contributed by atoms with Gasteiger partial charge in [0.1, 0.15) is 5.75 Å². The number of anilines is 2. The SMILES string of the molecule is COc1ccc(NC(=O)N2CCN(c3cccc(C)c3)CC2)cc1C1CCN(C(C)C)CC1. The number of nitrogens with one attached hydrogen (secondary N) is 1. The van der Waals surface area contributed by atoms with Gasteiger partial charge < -0.3 is 24.8 Å². The fourth-order valence-electron chi connectivity index (χ4n) is 5.05. The van der Waals surface area contributed by atoms with E-state index in [0.717, 1.165) is 63.5 Å². The summed E-state index contributed by atoms with van der Waals surface area (Å²) in [6.45, 7) is 12.0. The Balaban J connectivity index is 1.37. The van der Waals surface area contributed by atoms with Crippen molar-refractivity contribution in [1.29, 1.82) is 0 Å². The zero-order valence-electron chi connectivity index (χ0n) is 20.5. The van der Waals surface area contributed by atoms with E-state index in [4.69, 9.17) is 4.74 Å². The molecule has 2 amide bonds. The summed E-state index contributed by atoms with van der Waals surface area (Å²) < 4.78 is 5.67. The maximum atomic E-state index is 13.0. The van der Waals surface area contributed by atoms with Crippen LogP contribution in [0.4, 0.5) is 16.2 Å². The first kappa shape index (κ1) is 23.4. The van der Waals surface area contributed by atoms with Gasteiger partial charge in [0.25, 0.3) is 0 Å². The fraction of sp³-hybridized carbons (Fsp3) is 0.519. The van der Waals surface area contributed by atoms with Crippen LogP contribution in [0.15, 0.2) is 42.5 Å². The Labute approximate surface area is 198 Å². The average Bonchev–Trinajstić information content (AvgIpc) is 2.84. The first-order chi connectivity index (χ1) is 15.9. The van der Waals surface area contributed by atoms with Crippen LogP contribution in [-0.4, -0.2) is 68.3 Å². The molecule has 0 atom stereocenters. The lowest BCUT2D eigenvalue weighted by Gasteiger charge is -2.36. The van der Waals surface area contributed by atoms with E-state index in [2.05, 4.69) is 66.2 Å². The number of benzene rings is 2. The molecule has 178 valence electrons. The number of carbonyl (C=O) groups excluding carboxylic acids is 1. The van der Waals surface area contributed by atoms with Crippen LogP contribution in [0.25, 0.3) is 0 Å². The van der Waals surface area contributed by atoms with Crippen molar-refractivity contribution < 1.29 is 9.53 Å². The maximum Gasteiger partial charge on any atom is 0.321 e. The molecule has 4 rings (SSSR count). The Morgan fingerprint density at radius 2 is 1.73 bits per heavy atom. The van der Waals surface area contributed by atoms with Crippen LogP contribution in [0.3, 0.4) is 0 Å². The molecule has 2 aliphatic rings. The number of carbonyl (C=O) groups is 1. The summed E-state index contributed by atoms with van der Waals surface area (Å²) >= 11 is 0. The first-order valence-electron chi connectivity index (χ1n) is 12.2. The number of piperazine rings is 1. The van der Waals surface area contributed by atoms with Crippen LogP contribution in [0.2, 0.25) is 0 Å². The smallest absolute Gasteiger partial charge is 0.321 e. The number of aryl methyl sites for hydroxylation is 1. The number of ether oxygens (including phenoxy) is 1. The summed E-state index contributed by atoms with van der Waals surface area (Å²) in [5, 5.41) is 3.14. The second-order valence-electron chi connectivity index (χ2n) is 9.60. The highest BCUT2D eigenvalue weighted by atomic mass is 16.5. The number of amides is 2. The highest BCUT2D eigenvalue weighted by Gasteiger charge is 2.26. The van der Waals surface area contributed by atoms with Crippen LogP contribution in [0, 0.1) is 6.92 Å². The normalized spacial score (nSPS) is 18.0. The molecule has 0 spiro atoms. The number of urea groups is 1. The molecule has 33 heavy (non-hydrogen) atoms. The predicted molar refractivity (Wildman–Crippen MR) is 136 cm³/mol. The number of likely N-dealkylation sites (tertiary alicyclic amines) is 1. The molecule has 0 radical (unpaired) electrons. The zero-order chi connectivity index (χ0) is 23.4. The van der Waals surface area contributed by atoms with E-state index < -0.39 is 0 Å². The Morgan fingerprint density at radius 3 is 2.36 bits per heavy atom. The molecule has 6 nitrogen and oxygen atoms in total. The van der Waals surface area contributed by atoms with Gasteiger partial charge in [-0.1, -0.05) is 12.1 Å². The molecule has 0 aliphatic carbocycles. The van der Waals surface area contributed by atoms with Gasteiger partial charge >= 0.3 is 6.03 Å². The first-order valence-corrected chi connectivity index (χ1v) is 12.2. The third kappa shape index (κ3) is 5.61. The molecular weight excluding hydrogens is 412 g/mol. The van der Waals surface area contributed by atoms with Crippen molar-refractivity contribution in [3.63, 3.8) is 0 Å². The molecule has 2 fully saturated rings. The highest BCUT2D eigenvalue weighted by Crippen LogP contribution is 2.36. The molecule has 2 heterocycles. The molecule has 2 aromatic rings. The highest BCUT2D eigenvalue weighted by molar-refractivity contribution is 5.89. The second-order valence-corrected chi connectivity index (χ2v) is 9.60. The summed E-state index contributed by atoms with van der Waals surface area (Å²) in [7, 11) is 1.73. The number of piperidine rings is 1. The van der Waals surface area contributed by atoms with Gasteiger partial charge in [0.05, 0.1) is 7.11 Å². The lowest BCUT2D eigenvalue weighted by atomic mass is 9.88. The molecule has 2 aromatic carbocycles. The summed E-state index contributed by atoms with van der Waals surface area (Å²) in [6, 6.07) is 15.2. The van der Waals surface area contributed by atoms with Crippen LogP contribution in [0.5, 0.6) is 5.75 Å². The van der Waals surface area contributed by atoms with Gasteiger partial charge in [-0.15, -0.1) is 0 Å². The minimum atomic E-state index is -0.0235. The van der Waals surface area contributed by atoms with Crippen molar-refractivity contribution in [1.82, 2.24) is 9.80 Å². The Kier molecular flexibility index (Phi) is 7.43. The van der Waals surface area contributed by atoms with Gasteiger partial charge in [-0.3, -0.25) is 0 Å². The van der Waals surface area contributed by atoms with E-state index in [1.165, 1.54) is 16.8 Å². The van der Waals surface area contributed by atoms with Gasteiger partial charge in [-0.05, 0) is 94.1 Å². The minimum absolute atomic E-state index is 0.0235.